The van der Waals surface area contributed by atoms with Crippen molar-refractivity contribution in [2.45, 2.75) is 59.0 Å². The summed E-state index contributed by atoms with van der Waals surface area (Å²) in [4.78, 5) is 15.2. The fraction of sp³-hybridized carbons (Fsp3) is 0.385. The lowest BCUT2D eigenvalue weighted by Crippen LogP contribution is -2.35. The molecule has 2 aromatic carbocycles. The molecule has 1 aromatic heterocycles. The van der Waals surface area contributed by atoms with Gasteiger partial charge in [0, 0.05) is 17.2 Å². The number of carbonyl (C=O) groups is 1. The van der Waals surface area contributed by atoms with Gasteiger partial charge in [0.15, 0.2) is 0 Å². The number of aryl methyl sites for hydroxylation is 1. The Morgan fingerprint density at radius 1 is 1.06 bits per heavy atom. The molecule has 1 unspecified atom stereocenters. The van der Waals surface area contributed by atoms with E-state index >= 15 is 0 Å². The molecule has 1 atom stereocenters. The van der Waals surface area contributed by atoms with Gasteiger partial charge in [0.1, 0.15) is 11.4 Å². The zero-order valence-corrected chi connectivity index (χ0v) is 18.8. The standard InChI is InChI=1S/C26H31N3O2/c1-5-6-7-16-31-21-14-12-20(13-15-21)25-22-23(19-10-8-18(4)9-11-19)27-28-24(22)26(30)29(25)17(2)3/h8-15,17,25H,5-7,16H2,1-4H3,(H,27,28). The third-order valence-electron chi connectivity index (χ3n) is 5.90. The van der Waals surface area contributed by atoms with Crippen LogP contribution in [0.4, 0.5) is 0 Å². The first-order valence-electron chi connectivity index (χ1n) is 11.2. The highest BCUT2D eigenvalue weighted by molar-refractivity contribution is 6.00. The lowest BCUT2D eigenvalue weighted by atomic mass is 9.95. The smallest absolute Gasteiger partial charge is 0.273 e. The highest BCUT2D eigenvalue weighted by Crippen LogP contribution is 2.44. The highest BCUT2D eigenvalue weighted by atomic mass is 16.5. The number of unbranched alkanes of at least 4 members (excludes halogenated alkanes) is 2. The number of ether oxygens (including phenoxy) is 1. The first-order valence-corrected chi connectivity index (χ1v) is 11.2. The van der Waals surface area contributed by atoms with Crippen molar-refractivity contribution in [3.8, 4) is 17.0 Å². The van der Waals surface area contributed by atoms with E-state index in [2.05, 4.69) is 74.3 Å². The molecule has 1 aliphatic rings. The summed E-state index contributed by atoms with van der Waals surface area (Å²) < 4.78 is 5.88. The quantitative estimate of drug-likeness (QED) is 0.464. The van der Waals surface area contributed by atoms with Crippen LogP contribution in [-0.4, -0.2) is 33.7 Å². The molecule has 5 heteroatoms. The molecule has 31 heavy (non-hydrogen) atoms. The third-order valence-corrected chi connectivity index (χ3v) is 5.90. The molecule has 5 nitrogen and oxygen atoms in total. The number of hydrogen-bond acceptors (Lipinski definition) is 3. The van der Waals surface area contributed by atoms with Crippen molar-refractivity contribution in [1.82, 2.24) is 15.1 Å². The summed E-state index contributed by atoms with van der Waals surface area (Å²) in [7, 11) is 0. The van der Waals surface area contributed by atoms with Crippen LogP contribution in [0.5, 0.6) is 5.75 Å². The number of aromatic nitrogens is 2. The van der Waals surface area contributed by atoms with Crippen molar-refractivity contribution in [1.29, 1.82) is 0 Å². The van der Waals surface area contributed by atoms with Crippen molar-refractivity contribution < 1.29 is 9.53 Å². The fourth-order valence-electron chi connectivity index (χ4n) is 4.25. The van der Waals surface area contributed by atoms with Gasteiger partial charge in [0.05, 0.1) is 18.3 Å². The Hall–Kier alpha value is -3.08. The van der Waals surface area contributed by atoms with E-state index in [9.17, 15) is 4.79 Å². The molecular formula is C26H31N3O2. The van der Waals surface area contributed by atoms with Gasteiger partial charge in [-0.1, -0.05) is 61.7 Å². The van der Waals surface area contributed by atoms with Crippen LogP contribution in [0.3, 0.4) is 0 Å². The SMILES string of the molecule is CCCCCOc1ccc(C2c3c(-c4ccc(C)cc4)n[nH]c3C(=O)N2C(C)C)cc1. The summed E-state index contributed by atoms with van der Waals surface area (Å²) in [6, 6.07) is 16.3. The number of nitrogens with zero attached hydrogens (tertiary/aromatic N) is 2. The lowest BCUT2D eigenvalue weighted by Gasteiger charge is -2.30. The molecule has 1 N–H and O–H groups in total. The number of nitrogens with one attached hydrogen (secondary N) is 1. The molecule has 3 aromatic rings. The van der Waals surface area contributed by atoms with Crippen molar-refractivity contribution in [2.24, 2.45) is 0 Å². The fourth-order valence-corrected chi connectivity index (χ4v) is 4.25. The number of H-pyrrole nitrogens is 1. The minimum Gasteiger partial charge on any atom is -0.494 e. The zero-order chi connectivity index (χ0) is 22.0. The normalized spacial score (nSPS) is 15.6. The van der Waals surface area contributed by atoms with Crippen molar-refractivity contribution >= 4 is 5.91 Å². The van der Waals surface area contributed by atoms with Gasteiger partial charge in [-0.2, -0.15) is 5.10 Å². The highest BCUT2D eigenvalue weighted by Gasteiger charge is 2.43. The van der Waals surface area contributed by atoms with Crippen LogP contribution in [0.15, 0.2) is 48.5 Å². The Morgan fingerprint density at radius 3 is 2.42 bits per heavy atom. The van der Waals surface area contributed by atoms with Gasteiger partial charge < -0.3 is 9.64 Å². The monoisotopic (exact) mass is 417 g/mol. The average molecular weight is 418 g/mol. The van der Waals surface area contributed by atoms with Crippen LogP contribution >= 0.6 is 0 Å². The zero-order valence-electron chi connectivity index (χ0n) is 18.8. The van der Waals surface area contributed by atoms with Crippen molar-refractivity contribution in [2.75, 3.05) is 6.61 Å². The molecular weight excluding hydrogens is 386 g/mol. The summed E-state index contributed by atoms with van der Waals surface area (Å²) in [5.74, 6) is 0.868. The molecule has 2 heterocycles. The number of hydrogen-bond donors (Lipinski definition) is 1. The summed E-state index contributed by atoms with van der Waals surface area (Å²) in [6.07, 6.45) is 3.42. The number of amides is 1. The molecule has 4 rings (SSSR count). The van der Waals surface area contributed by atoms with Gasteiger partial charge in [-0.05, 0) is 44.9 Å². The molecule has 162 valence electrons. The van der Waals surface area contributed by atoms with Crippen LogP contribution in [0.2, 0.25) is 0 Å². The second kappa shape index (κ2) is 8.96. The van der Waals surface area contributed by atoms with Gasteiger partial charge in [-0.25, -0.2) is 0 Å². The maximum Gasteiger partial charge on any atom is 0.273 e. The van der Waals surface area contributed by atoms with E-state index in [1.807, 2.05) is 17.0 Å². The van der Waals surface area contributed by atoms with E-state index in [-0.39, 0.29) is 18.0 Å². The van der Waals surface area contributed by atoms with Gasteiger partial charge in [-0.3, -0.25) is 9.89 Å². The van der Waals surface area contributed by atoms with E-state index in [0.717, 1.165) is 41.2 Å². The van der Waals surface area contributed by atoms with Gasteiger partial charge in [-0.15, -0.1) is 0 Å². The van der Waals surface area contributed by atoms with Gasteiger partial charge in [0.25, 0.3) is 5.91 Å². The molecule has 0 aliphatic carbocycles. The van der Waals surface area contributed by atoms with Crippen LogP contribution in [-0.2, 0) is 0 Å². The van der Waals surface area contributed by atoms with E-state index in [4.69, 9.17) is 4.74 Å². The number of rotatable bonds is 8. The summed E-state index contributed by atoms with van der Waals surface area (Å²) in [5.41, 5.74) is 5.67. The predicted molar refractivity (Wildman–Crippen MR) is 123 cm³/mol. The lowest BCUT2D eigenvalue weighted by molar-refractivity contribution is 0.0688. The molecule has 0 radical (unpaired) electrons. The van der Waals surface area contributed by atoms with Crippen LogP contribution in [0.1, 0.15) is 73.3 Å². The summed E-state index contributed by atoms with van der Waals surface area (Å²) >= 11 is 0. The summed E-state index contributed by atoms with van der Waals surface area (Å²) in [6.45, 7) is 9.10. The molecule has 0 fully saturated rings. The predicted octanol–water partition coefficient (Wildman–Crippen LogP) is 5.91. The Balaban J connectivity index is 1.69. The van der Waals surface area contributed by atoms with E-state index in [0.29, 0.717) is 5.69 Å². The second-order valence-electron chi connectivity index (χ2n) is 8.56. The first kappa shape index (κ1) is 21.2. The summed E-state index contributed by atoms with van der Waals surface area (Å²) in [5, 5.41) is 7.56. The van der Waals surface area contributed by atoms with Gasteiger partial charge in [0.2, 0.25) is 0 Å². The Kier molecular flexibility index (Phi) is 6.12. The van der Waals surface area contributed by atoms with Crippen molar-refractivity contribution in [3.05, 3.63) is 70.9 Å². The second-order valence-corrected chi connectivity index (χ2v) is 8.56. The maximum atomic E-state index is 13.2. The van der Waals surface area contributed by atoms with Crippen LogP contribution in [0, 0.1) is 6.92 Å². The Labute approximate surface area is 184 Å². The minimum absolute atomic E-state index is 0.000698. The first-order chi connectivity index (χ1) is 15.0. The third kappa shape index (κ3) is 4.09. The molecule has 0 spiro atoms. The van der Waals surface area contributed by atoms with E-state index < -0.39 is 0 Å². The van der Waals surface area contributed by atoms with Crippen LogP contribution in [0.25, 0.3) is 11.3 Å². The Bertz CT molecular complexity index is 1040. The number of fused-ring (bicyclic) bond motifs is 1. The molecule has 1 amide bonds. The molecule has 0 bridgehead atoms. The number of carbonyl (C=O) groups excluding carboxylic acids is 1. The van der Waals surface area contributed by atoms with Crippen LogP contribution < -0.4 is 4.74 Å². The topological polar surface area (TPSA) is 58.2 Å². The molecule has 0 saturated carbocycles. The Morgan fingerprint density at radius 2 is 1.77 bits per heavy atom. The minimum atomic E-state index is -0.174. The largest absolute Gasteiger partial charge is 0.494 e. The molecule has 1 aliphatic heterocycles. The number of aromatic amines is 1. The van der Waals surface area contributed by atoms with Crippen molar-refractivity contribution in [3.63, 3.8) is 0 Å². The maximum absolute atomic E-state index is 13.2. The van der Waals surface area contributed by atoms with E-state index in [1.165, 1.54) is 18.4 Å². The average Bonchev–Trinajstić information content (AvgIpc) is 3.31. The number of benzene rings is 2. The van der Waals surface area contributed by atoms with Gasteiger partial charge >= 0.3 is 0 Å². The van der Waals surface area contributed by atoms with E-state index in [1.54, 1.807) is 0 Å². The molecule has 0 saturated heterocycles.